The molecule has 0 radical (unpaired) electrons. The van der Waals surface area contributed by atoms with Crippen molar-refractivity contribution in [3.05, 3.63) is 83.9 Å². The molecule has 1 heteroatoms. The smallest absolute Gasteiger partial charge is 0.160 e. The van der Waals surface area contributed by atoms with Crippen LogP contribution in [-0.4, -0.2) is 5.78 Å². The minimum absolute atomic E-state index is 0.106. The van der Waals surface area contributed by atoms with Crippen LogP contribution in [-0.2, 0) is 0 Å². The topological polar surface area (TPSA) is 17.1 Å². The molecule has 0 fully saturated rings. The first-order valence-corrected chi connectivity index (χ1v) is 7.44. The average Bonchev–Trinajstić information content (AvgIpc) is 2.55. The molecule has 3 aromatic rings. The number of benzene rings is 3. The summed E-state index contributed by atoms with van der Waals surface area (Å²) in [5, 5.41) is 0. The van der Waals surface area contributed by atoms with E-state index in [2.05, 4.69) is 24.3 Å². The predicted molar refractivity (Wildman–Crippen MR) is 92.1 cm³/mol. The minimum atomic E-state index is 0.106. The van der Waals surface area contributed by atoms with Crippen molar-refractivity contribution in [3.63, 3.8) is 0 Å². The van der Waals surface area contributed by atoms with Crippen LogP contribution in [0.3, 0.4) is 0 Å². The van der Waals surface area contributed by atoms with Gasteiger partial charge in [0.05, 0.1) is 0 Å². The van der Waals surface area contributed by atoms with E-state index in [0.717, 1.165) is 33.4 Å². The fourth-order valence-corrected chi connectivity index (χ4v) is 2.95. The van der Waals surface area contributed by atoms with Gasteiger partial charge in [-0.25, -0.2) is 0 Å². The molecule has 0 aliphatic heterocycles. The van der Waals surface area contributed by atoms with Crippen molar-refractivity contribution in [3.8, 4) is 22.3 Å². The van der Waals surface area contributed by atoms with Gasteiger partial charge in [0.25, 0.3) is 0 Å². The second-order valence-corrected chi connectivity index (χ2v) is 5.45. The highest BCUT2D eigenvalue weighted by Crippen LogP contribution is 2.33. The van der Waals surface area contributed by atoms with Crippen molar-refractivity contribution in [2.24, 2.45) is 0 Å². The summed E-state index contributed by atoms with van der Waals surface area (Å²) < 4.78 is 0. The lowest BCUT2D eigenvalue weighted by atomic mass is 9.88. The van der Waals surface area contributed by atoms with Crippen LogP contribution in [0.5, 0.6) is 0 Å². The maximum atomic E-state index is 12.2. The second-order valence-electron chi connectivity index (χ2n) is 5.45. The van der Waals surface area contributed by atoms with E-state index in [1.54, 1.807) is 6.92 Å². The van der Waals surface area contributed by atoms with Gasteiger partial charge in [0.1, 0.15) is 0 Å². The van der Waals surface area contributed by atoms with Crippen molar-refractivity contribution in [1.29, 1.82) is 0 Å². The van der Waals surface area contributed by atoms with Crippen LogP contribution in [0.2, 0.25) is 0 Å². The first-order valence-electron chi connectivity index (χ1n) is 7.44. The summed E-state index contributed by atoms with van der Waals surface area (Å²) in [5.41, 5.74) is 6.20. The number of rotatable bonds is 3. The molecule has 22 heavy (non-hydrogen) atoms. The van der Waals surface area contributed by atoms with Crippen molar-refractivity contribution >= 4 is 5.78 Å². The van der Waals surface area contributed by atoms with Crippen LogP contribution < -0.4 is 0 Å². The molecule has 0 atom stereocenters. The fourth-order valence-electron chi connectivity index (χ4n) is 2.95. The van der Waals surface area contributed by atoms with Gasteiger partial charge in [0.2, 0.25) is 0 Å². The van der Waals surface area contributed by atoms with Crippen LogP contribution in [0, 0.1) is 6.92 Å². The maximum absolute atomic E-state index is 12.2. The van der Waals surface area contributed by atoms with E-state index in [1.165, 1.54) is 0 Å². The zero-order valence-electron chi connectivity index (χ0n) is 12.8. The summed E-state index contributed by atoms with van der Waals surface area (Å²) in [6.07, 6.45) is 0. The Labute approximate surface area is 131 Å². The molecule has 0 saturated carbocycles. The monoisotopic (exact) mass is 286 g/mol. The first-order chi connectivity index (χ1) is 10.7. The normalized spacial score (nSPS) is 10.5. The molecule has 0 heterocycles. The summed E-state index contributed by atoms with van der Waals surface area (Å²) >= 11 is 0. The molecular formula is C21H18O. The lowest BCUT2D eigenvalue weighted by Crippen LogP contribution is -2.02. The standard InChI is InChI=1S/C21H18O/c1-15-19(17-9-5-3-6-10-17)13-14-20(21(15)16(2)22)18-11-7-4-8-12-18/h3-14H,1-2H3. The molecular weight excluding hydrogens is 268 g/mol. The van der Waals surface area contributed by atoms with E-state index in [4.69, 9.17) is 0 Å². The van der Waals surface area contributed by atoms with E-state index in [0.29, 0.717) is 0 Å². The lowest BCUT2D eigenvalue weighted by molar-refractivity contribution is 0.101. The van der Waals surface area contributed by atoms with Crippen molar-refractivity contribution in [1.82, 2.24) is 0 Å². The van der Waals surface area contributed by atoms with Crippen LogP contribution in [0.25, 0.3) is 22.3 Å². The summed E-state index contributed by atoms with van der Waals surface area (Å²) in [4.78, 5) is 12.2. The molecule has 1 nitrogen and oxygen atoms in total. The molecule has 0 bridgehead atoms. The van der Waals surface area contributed by atoms with Crippen molar-refractivity contribution in [2.75, 3.05) is 0 Å². The molecule has 3 aromatic carbocycles. The first kappa shape index (κ1) is 14.3. The molecule has 0 amide bonds. The summed E-state index contributed by atoms with van der Waals surface area (Å²) in [5.74, 6) is 0.106. The molecule has 0 aromatic heterocycles. The summed E-state index contributed by atoms with van der Waals surface area (Å²) in [6, 6.07) is 24.4. The zero-order chi connectivity index (χ0) is 15.5. The third-order valence-corrected chi connectivity index (χ3v) is 3.99. The number of ketones is 1. The van der Waals surface area contributed by atoms with Gasteiger partial charge in [0.15, 0.2) is 5.78 Å². The lowest BCUT2D eigenvalue weighted by Gasteiger charge is -2.15. The van der Waals surface area contributed by atoms with Crippen LogP contribution in [0.1, 0.15) is 22.8 Å². The van der Waals surface area contributed by atoms with Crippen molar-refractivity contribution in [2.45, 2.75) is 13.8 Å². The van der Waals surface area contributed by atoms with Gasteiger partial charge in [-0.1, -0.05) is 72.8 Å². The highest BCUT2D eigenvalue weighted by molar-refractivity contribution is 6.04. The highest BCUT2D eigenvalue weighted by Gasteiger charge is 2.15. The maximum Gasteiger partial charge on any atom is 0.160 e. The number of carbonyl (C=O) groups excluding carboxylic acids is 1. The van der Waals surface area contributed by atoms with Gasteiger partial charge >= 0.3 is 0 Å². The second kappa shape index (κ2) is 5.98. The molecule has 0 N–H and O–H groups in total. The van der Waals surface area contributed by atoms with Crippen LogP contribution in [0.15, 0.2) is 72.8 Å². The van der Waals surface area contributed by atoms with Gasteiger partial charge in [-0.05, 0) is 41.7 Å². The SMILES string of the molecule is CC(=O)c1c(-c2ccccc2)ccc(-c2ccccc2)c1C. The molecule has 0 saturated heterocycles. The quantitative estimate of drug-likeness (QED) is 0.578. The predicted octanol–water partition coefficient (Wildman–Crippen LogP) is 5.53. The van der Waals surface area contributed by atoms with Gasteiger partial charge in [-0.2, -0.15) is 0 Å². The van der Waals surface area contributed by atoms with E-state index in [-0.39, 0.29) is 5.78 Å². The Balaban J connectivity index is 2.24. The Morgan fingerprint density at radius 1 is 0.682 bits per heavy atom. The van der Waals surface area contributed by atoms with Gasteiger partial charge in [-0.3, -0.25) is 4.79 Å². The molecule has 108 valence electrons. The number of hydrogen-bond acceptors (Lipinski definition) is 1. The number of carbonyl (C=O) groups is 1. The molecule has 3 rings (SSSR count). The number of Topliss-reactive ketones (excluding diaryl/α,β-unsaturated/α-hetero) is 1. The Morgan fingerprint density at radius 2 is 1.14 bits per heavy atom. The van der Waals surface area contributed by atoms with E-state index < -0.39 is 0 Å². The fraction of sp³-hybridized carbons (Fsp3) is 0.0952. The van der Waals surface area contributed by atoms with E-state index in [1.807, 2.05) is 55.5 Å². The largest absolute Gasteiger partial charge is 0.294 e. The molecule has 0 aliphatic rings. The van der Waals surface area contributed by atoms with Gasteiger partial charge < -0.3 is 0 Å². The Bertz CT molecular complexity index is 802. The van der Waals surface area contributed by atoms with Gasteiger partial charge in [-0.15, -0.1) is 0 Å². The van der Waals surface area contributed by atoms with Crippen LogP contribution >= 0.6 is 0 Å². The Hall–Kier alpha value is -2.67. The van der Waals surface area contributed by atoms with Gasteiger partial charge in [0, 0.05) is 5.56 Å². The minimum Gasteiger partial charge on any atom is -0.294 e. The Kier molecular flexibility index (Phi) is 3.88. The third-order valence-electron chi connectivity index (χ3n) is 3.99. The Morgan fingerprint density at radius 3 is 1.64 bits per heavy atom. The van der Waals surface area contributed by atoms with Crippen molar-refractivity contribution < 1.29 is 4.79 Å². The van der Waals surface area contributed by atoms with E-state index >= 15 is 0 Å². The third kappa shape index (κ3) is 2.58. The molecule has 0 spiro atoms. The average molecular weight is 286 g/mol. The highest BCUT2D eigenvalue weighted by atomic mass is 16.1. The summed E-state index contributed by atoms with van der Waals surface area (Å²) in [7, 11) is 0. The van der Waals surface area contributed by atoms with Crippen LogP contribution in [0.4, 0.5) is 0 Å². The molecule has 0 aliphatic carbocycles. The van der Waals surface area contributed by atoms with E-state index in [9.17, 15) is 4.79 Å². The summed E-state index contributed by atoms with van der Waals surface area (Å²) in [6.45, 7) is 3.68. The number of hydrogen-bond donors (Lipinski definition) is 0. The molecule has 0 unspecified atom stereocenters. The zero-order valence-corrected chi connectivity index (χ0v) is 12.8.